The van der Waals surface area contributed by atoms with Crippen molar-refractivity contribution in [1.29, 1.82) is 0 Å². The molecule has 0 aliphatic carbocycles. The fourth-order valence-corrected chi connectivity index (χ4v) is 2.12. The van der Waals surface area contributed by atoms with E-state index in [1.807, 2.05) is 23.7 Å². The molecule has 2 rings (SSSR count). The van der Waals surface area contributed by atoms with Crippen LogP contribution in [0, 0.1) is 6.92 Å². The van der Waals surface area contributed by atoms with Crippen LogP contribution in [0.3, 0.4) is 0 Å². The minimum atomic E-state index is 0.0781. The van der Waals surface area contributed by atoms with Crippen LogP contribution in [0.15, 0.2) is 30.6 Å². The molecule has 5 heteroatoms. The smallest absolute Gasteiger partial charge is 0.0596 e. The van der Waals surface area contributed by atoms with Gasteiger partial charge in [0.1, 0.15) is 0 Å². The van der Waals surface area contributed by atoms with Crippen molar-refractivity contribution >= 4 is 0 Å². The standard InChI is InChI=1S/C13H19N5/c1-3-18-12(8-10(2)17-18)9-13(16-14)11-4-6-15-7-5-11/h4-8,13,16H,3,9,14H2,1-2H3. The van der Waals surface area contributed by atoms with Crippen molar-refractivity contribution in [3.63, 3.8) is 0 Å². The van der Waals surface area contributed by atoms with Gasteiger partial charge in [-0.1, -0.05) is 0 Å². The molecule has 2 aromatic heterocycles. The highest BCUT2D eigenvalue weighted by Crippen LogP contribution is 2.17. The van der Waals surface area contributed by atoms with Gasteiger partial charge in [-0.05, 0) is 37.6 Å². The number of pyridine rings is 1. The van der Waals surface area contributed by atoms with Crippen LogP contribution in [-0.2, 0) is 13.0 Å². The summed E-state index contributed by atoms with van der Waals surface area (Å²) in [7, 11) is 0. The third-order valence-electron chi connectivity index (χ3n) is 3.01. The molecule has 0 bridgehead atoms. The van der Waals surface area contributed by atoms with Crippen molar-refractivity contribution in [1.82, 2.24) is 20.2 Å². The number of hydrazine groups is 1. The van der Waals surface area contributed by atoms with E-state index in [0.29, 0.717) is 0 Å². The van der Waals surface area contributed by atoms with Gasteiger partial charge in [0, 0.05) is 31.1 Å². The second-order valence-electron chi connectivity index (χ2n) is 4.30. The van der Waals surface area contributed by atoms with E-state index in [4.69, 9.17) is 5.84 Å². The molecule has 96 valence electrons. The topological polar surface area (TPSA) is 68.8 Å². The lowest BCUT2D eigenvalue weighted by atomic mass is 10.0. The normalized spacial score (nSPS) is 12.6. The summed E-state index contributed by atoms with van der Waals surface area (Å²) in [6, 6.07) is 6.14. The van der Waals surface area contributed by atoms with Crippen molar-refractivity contribution in [3.05, 3.63) is 47.5 Å². The van der Waals surface area contributed by atoms with Crippen LogP contribution in [0.25, 0.3) is 0 Å². The molecule has 0 fully saturated rings. The number of nitrogens with two attached hydrogens (primary N) is 1. The highest BCUT2D eigenvalue weighted by atomic mass is 15.3. The summed E-state index contributed by atoms with van der Waals surface area (Å²) in [6.07, 6.45) is 4.37. The van der Waals surface area contributed by atoms with E-state index in [-0.39, 0.29) is 6.04 Å². The van der Waals surface area contributed by atoms with Crippen LogP contribution in [0.5, 0.6) is 0 Å². The first-order valence-corrected chi connectivity index (χ1v) is 6.14. The van der Waals surface area contributed by atoms with Gasteiger partial charge in [-0.2, -0.15) is 5.10 Å². The zero-order chi connectivity index (χ0) is 13.0. The molecule has 1 atom stereocenters. The van der Waals surface area contributed by atoms with Gasteiger partial charge in [0.2, 0.25) is 0 Å². The predicted octanol–water partition coefficient (Wildman–Crippen LogP) is 1.35. The Morgan fingerprint density at radius 1 is 1.39 bits per heavy atom. The summed E-state index contributed by atoms with van der Waals surface area (Å²) in [6.45, 7) is 4.97. The molecule has 0 saturated carbocycles. The van der Waals surface area contributed by atoms with Gasteiger partial charge in [0.25, 0.3) is 0 Å². The lowest BCUT2D eigenvalue weighted by Crippen LogP contribution is -2.30. The Bertz CT molecular complexity index is 491. The third-order valence-corrected chi connectivity index (χ3v) is 3.01. The molecule has 0 amide bonds. The summed E-state index contributed by atoms with van der Waals surface area (Å²) >= 11 is 0. The number of nitrogens with zero attached hydrogens (tertiary/aromatic N) is 3. The molecule has 0 saturated heterocycles. The van der Waals surface area contributed by atoms with E-state index < -0.39 is 0 Å². The molecule has 0 spiro atoms. The Labute approximate surface area is 107 Å². The number of hydrogen-bond donors (Lipinski definition) is 2. The van der Waals surface area contributed by atoms with Crippen molar-refractivity contribution in [2.24, 2.45) is 5.84 Å². The summed E-state index contributed by atoms with van der Waals surface area (Å²) < 4.78 is 2.01. The molecule has 0 radical (unpaired) electrons. The van der Waals surface area contributed by atoms with Crippen LogP contribution >= 0.6 is 0 Å². The lowest BCUT2D eigenvalue weighted by Gasteiger charge is -2.16. The number of rotatable bonds is 5. The number of aryl methyl sites for hydroxylation is 2. The van der Waals surface area contributed by atoms with Gasteiger partial charge >= 0.3 is 0 Å². The fourth-order valence-electron chi connectivity index (χ4n) is 2.12. The maximum absolute atomic E-state index is 5.65. The van der Waals surface area contributed by atoms with E-state index in [0.717, 1.165) is 24.2 Å². The molecule has 18 heavy (non-hydrogen) atoms. The van der Waals surface area contributed by atoms with Crippen LogP contribution in [0.2, 0.25) is 0 Å². The van der Waals surface area contributed by atoms with Gasteiger partial charge in [-0.15, -0.1) is 0 Å². The van der Waals surface area contributed by atoms with Gasteiger partial charge in [0.05, 0.1) is 11.7 Å². The summed E-state index contributed by atoms with van der Waals surface area (Å²) in [4.78, 5) is 4.02. The molecule has 1 unspecified atom stereocenters. The Hall–Kier alpha value is -1.72. The maximum atomic E-state index is 5.65. The number of hydrogen-bond acceptors (Lipinski definition) is 4. The zero-order valence-corrected chi connectivity index (χ0v) is 10.8. The average Bonchev–Trinajstić information content (AvgIpc) is 2.77. The first-order valence-electron chi connectivity index (χ1n) is 6.14. The minimum absolute atomic E-state index is 0.0781. The van der Waals surface area contributed by atoms with Gasteiger partial charge in [-0.3, -0.25) is 20.9 Å². The fraction of sp³-hybridized carbons (Fsp3) is 0.385. The van der Waals surface area contributed by atoms with Crippen LogP contribution in [-0.4, -0.2) is 14.8 Å². The van der Waals surface area contributed by atoms with Gasteiger partial charge in [0.15, 0.2) is 0 Å². The Kier molecular flexibility index (Phi) is 4.07. The molecule has 0 aliphatic heterocycles. The monoisotopic (exact) mass is 245 g/mol. The van der Waals surface area contributed by atoms with E-state index in [1.54, 1.807) is 12.4 Å². The van der Waals surface area contributed by atoms with Gasteiger partial charge < -0.3 is 0 Å². The van der Waals surface area contributed by atoms with Crippen molar-refractivity contribution in [2.75, 3.05) is 0 Å². The first kappa shape index (κ1) is 12.7. The third kappa shape index (κ3) is 2.75. The summed E-state index contributed by atoms with van der Waals surface area (Å²) in [5, 5.41) is 4.45. The first-order chi connectivity index (χ1) is 8.74. The van der Waals surface area contributed by atoms with Crippen LogP contribution in [0.1, 0.15) is 29.9 Å². The predicted molar refractivity (Wildman–Crippen MR) is 70.6 cm³/mol. The van der Waals surface area contributed by atoms with Crippen molar-refractivity contribution in [2.45, 2.75) is 32.9 Å². The SMILES string of the molecule is CCn1nc(C)cc1CC(NN)c1ccncc1. The molecule has 5 nitrogen and oxygen atoms in total. The Morgan fingerprint density at radius 2 is 2.11 bits per heavy atom. The molecule has 0 aliphatic rings. The zero-order valence-electron chi connectivity index (χ0n) is 10.8. The van der Waals surface area contributed by atoms with E-state index in [1.165, 1.54) is 5.69 Å². The highest BCUT2D eigenvalue weighted by Gasteiger charge is 2.13. The molecular weight excluding hydrogens is 226 g/mol. The lowest BCUT2D eigenvalue weighted by molar-refractivity contribution is 0.516. The van der Waals surface area contributed by atoms with E-state index in [9.17, 15) is 0 Å². The molecule has 0 aromatic carbocycles. The Morgan fingerprint density at radius 3 is 2.72 bits per heavy atom. The highest BCUT2D eigenvalue weighted by molar-refractivity contribution is 5.19. The summed E-state index contributed by atoms with van der Waals surface area (Å²) in [5.74, 6) is 5.65. The van der Waals surface area contributed by atoms with Crippen LogP contribution in [0.4, 0.5) is 0 Å². The van der Waals surface area contributed by atoms with E-state index in [2.05, 4.69) is 28.5 Å². The maximum Gasteiger partial charge on any atom is 0.0596 e. The quantitative estimate of drug-likeness (QED) is 0.616. The largest absolute Gasteiger partial charge is 0.271 e. The molecule has 2 aromatic rings. The minimum Gasteiger partial charge on any atom is -0.271 e. The molecular formula is C13H19N5. The number of nitrogens with one attached hydrogen (secondary N) is 1. The molecule has 2 heterocycles. The second-order valence-corrected chi connectivity index (χ2v) is 4.30. The van der Waals surface area contributed by atoms with Crippen molar-refractivity contribution in [3.8, 4) is 0 Å². The Balaban J connectivity index is 2.20. The van der Waals surface area contributed by atoms with Crippen LogP contribution < -0.4 is 11.3 Å². The number of aromatic nitrogens is 3. The van der Waals surface area contributed by atoms with Crippen molar-refractivity contribution < 1.29 is 0 Å². The molecule has 3 N–H and O–H groups in total. The second kappa shape index (κ2) is 5.75. The average molecular weight is 245 g/mol. The van der Waals surface area contributed by atoms with Gasteiger partial charge in [-0.25, -0.2) is 0 Å². The summed E-state index contributed by atoms with van der Waals surface area (Å²) in [5.41, 5.74) is 6.22. The van der Waals surface area contributed by atoms with E-state index >= 15 is 0 Å².